The van der Waals surface area contributed by atoms with Crippen molar-refractivity contribution in [3.05, 3.63) is 78.7 Å². The monoisotopic (exact) mass is 464 g/mol. The van der Waals surface area contributed by atoms with Crippen molar-refractivity contribution in [3.8, 4) is 5.75 Å². The second-order valence-electron chi connectivity index (χ2n) is 6.07. The van der Waals surface area contributed by atoms with Gasteiger partial charge in [0.15, 0.2) is 4.90 Å². The van der Waals surface area contributed by atoms with Crippen molar-refractivity contribution in [1.82, 2.24) is 0 Å². The highest BCUT2D eigenvalue weighted by Gasteiger charge is 2.30. The van der Waals surface area contributed by atoms with E-state index in [1.54, 1.807) is 6.92 Å². The molecule has 3 aromatic rings. The van der Waals surface area contributed by atoms with Gasteiger partial charge in [-0.15, -0.1) is 0 Å². The number of fused-ring (bicyclic) bond motifs is 1. The summed E-state index contributed by atoms with van der Waals surface area (Å²) >= 11 is 0. The van der Waals surface area contributed by atoms with E-state index in [1.165, 1.54) is 12.1 Å². The first-order valence-electron chi connectivity index (χ1n) is 8.66. The van der Waals surface area contributed by atoms with Crippen LogP contribution < -0.4 is 9.81 Å². The van der Waals surface area contributed by atoms with E-state index in [2.05, 4.69) is 0 Å². The van der Waals surface area contributed by atoms with E-state index in [0.717, 1.165) is 18.2 Å². The average Bonchev–Trinajstić information content (AvgIpc) is 2.72. The number of nitro benzene ring substituents is 2. The molecule has 14 heteroatoms. The van der Waals surface area contributed by atoms with Crippen molar-refractivity contribution < 1.29 is 36.4 Å². The molecule has 0 saturated heterocycles. The molecule has 2 aromatic carbocycles. The Bertz CT molecular complexity index is 1430. The molecule has 0 fully saturated rings. The summed E-state index contributed by atoms with van der Waals surface area (Å²) in [6.45, 7) is 1.59. The Morgan fingerprint density at radius 1 is 1.06 bits per heavy atom. The summed E-state index contributed by atoms with van der Waals surface area (Å²) in [4.78, 5) is 42.9. The van der Waals surface area contributed by atoms with E-state index >= 15 is 0 Å². The Morgan fingerprint density at radius 2 is 1.78 bits per heavy atom. The number of carbonyl (C=O) groups is 1. The number of hydrogen-bond acceptors (Lipinski definition) is 11. The molecule has 1 aromatic heterocycles. The van der Waals surface area contributed by atoms with Crippen LogP contribution in [0.2, 0.25) is 0 Å². The lowest BCUT2D eigenvalue weighted by Crippen LogP contribution is -2.16. The maximum atomic E-state index is 12.6. The van der Waals surface area contributed by atoms with Crippen molar-refractivity contribution in [2.24, 2.45) is 0 Å². The van der Waals surface area contributed by atoms with E-state index in [9.17, 15) is 38.2 Å². The van der Waals surface area contributed by atoms with Crippen LogP contribution in [0.25, 0.3) is 11.0 Å². The molecule has 0 aliphatic heterocycles. The zero-order valence-corrected chi connectivity index (χ0v) is 16.9. The molecule has 0 N–H and O–H groups in total. The highest BCUT2D eigenvalue weighted by Crippen LogP contribution is 2.31. The lowest BCUT2D eigenvalue weighted by Gasteiger charge is -2.08. The van der Waals surface area contributed by atoms with Gasteiger partial charge in [0.2, 0.25) is 0 Å². The van der Waals surface area contributed by atoms with E-state index in [1.807, 2.05) is 0 Å². The highest BCUT2D eigenvalue weighted by atomic mass is 32.2. The lowest BCUT2D eigenvalue weighted by molar-refractivity contribution is -0.396. The van der Waals surface area contributed by atoms with Gasteiger partial charge in [-0.2, -0.15) is 8.42 Å². The third-order valence-electron chi connectivity index (χ3n) is 4.03. The summed E-state index contributed by atoms with van der Waals surface area (Å²) in [5, 5.41) is 22.3. The lowest BCUT2D eigenvalue weighted by atomic mass is 10.2. The minimum absolute atomic E-state index is 0.0374. The predicted molar refractivity (Wildman–Crippen MR) is 106 cm³/mol. The number of esters is 1. The Kier molecular flexibility index (Phi) is 5.89. The molecular weight excluding hydrogens is 452 g/mol. The van der Waals surface area contributed by atoms with E-state index < -0.39 is 47.8 Å². The number of rotatable bonds is 7. The van der Waals surface area contributed by atoms with Crippen LogP contribution in [0.4, 0.5) is 11.4 Å². The molecule has 166 valence electrons. The summed E-state index contributed by atoms with van der Waals surface area (Å²) in [6.07, 6.45) is 0. The molecule has 0 atom stereocenters. The first-order chi connectivity index (χ1) is 15.0. The van der Waals surface area contributed by atoms with Crippen LogP contribution in [0.15, 0.2) is 56.6 Å². The van der Waals surface area contributed by atoms with Gasteiger partial charge >= 0.3 is 21.7 Å². The first-order valence-corrected chi connectivity index (χ1v) is 10.1. The summed E-state index contributed by atoms with van der Waals surface area (Å²) < 4.78 is 39.8. The Morgan fingerprint density at radius 3 is 2.41 bits per heavy atom. The summed E-state index contributed by atoms with van der Waals surface area (Å²) in [6, 6.07) is 6.62. The molecular formula is C18H12N2O11S. The quantitative estimate of drug-likeness (QED) is 0.164. The molecule has 0 radical (unpaired) electrons. The minimum atomic E-state index is -4.80. The summed E-state index contributed by atoms with van der Waals surface area (Å²) in [7, 11) is -4.80. The Labute approximate surface area is 178 Å². The SMILES string of the molecule is CCOC(=O)c1cc2ccc(OS(=O)(=O)c3ccc([N+](=O)[O-])cc3[N+](=O)[O-])cc2oc1=O. The van der Waals surface area contributed by atoms with Crippen LogP contribution in [0.3, 0.4) is 0 Å². The topological polar surface area (TPSA) is 186 Å². The molecule has 0 bridgehead atoms. The normalized spacial score (nSPS) is 11.2. The highest BCUT2D eigenvalue weighted by molar-refractivity contribution is 7.87. The Hall–Kier alpha value is -4.33. The fourth-order valence-electron chi connectivity index (χ4n) is 2.64. The van der Waals surface area contributed by atoms with Gasteiger partial charge in [0.25, 0.3) is 11.4 Å². The molecule has 0 spiro atoms. The molecule has 0 saturated carbocycles. The number of hydrogen-bond donors (Lipinski definition) is 0. The van der Waals surface area contributed by atoms with Gasteiger partial charge in [0, 0.05) is 17.5 Å². The van der Waals surface area contributed by atoms with Crippen LogP contribution in [-0.4, -0.2) is 30.8 Å². The van der Waals surface area contributed by atoms with Crippen LogP contribution in [0.1, 0.15) is 17.3 Å². The van der Waals surface area contributed by atoms with E-state index in [0.29, 0.717) is 12.1 Å². The van der Waals surface area contributed by atoms with Gasteiger partial charge in [-0.05, 0) is 31.2 Å². The Balaban J connectivity index is 2.01. The minimum Gasteiger partial charge on any atom is -0.462 e. The smallest absolute Gasteiger partial charge is 0.351 e. The number of benzene rings is 2. The van der Waals surface area contributed by atoms with Crippen molar-refractivity contribution in [1.29, 1.82) is 0 Å². The van der Waals surface area contributed by atoms with E-state index in [-0.39, 0.29) is 28.9 Å². The molecule has 0 amide bonds. The maximum Gasteiger partial charge on any atom is 0.351 e. The molecule has 3 rings (SSSR count). The number of nitro groups is 2. The van der Waals surface area contributed by atoms with Crippen LogP contribution in [0.5, 0.6) is 5.75 Å². The van der Waals surface area contributed by atoms with Crippen molar-refractivity contribution in [3.63, 3.8) is 0 Å². The second-order valence-corrected chi connectivity index (χ2v) is 7.59. The van der Waals surface area contributed by atoms with Crippen molar-refractivity contribution >= 4 is 38.4 Å². The number of ether oxygens (including phenoxy) is 1. The van der Waals surface area contributed by atoms with Gasteiger partial charge < -0.3 is 13.3 Å². The van der Waals surface area contributed by atoms with Gasteiger partial charge in [0.1, 0.15) is 16.9 Å². The zero-order valence-electron chi connectivity index (χ0n) is 16.0. The summed E-state index contributed by atoms with van der Waals surface area (Å²) in [5.74, 6) is -1.26. The van der Waals surface area contributed by atoms with Crippen LogP contribution in [0, 0.1) is 20.2 Å². The van der Waals surface area contributed by atoms with Gasteiger partial charge in [0.05, 0.1) is 22.5 Å². The van der Waals surface area contributed by atoms with Gasteiger partial charge in [-0.1, -0.05) is 0 Å². The molecule has 0 unspecified atom stereocenters. The maximum absolute atomic E-state index is 12.6. The second kappa shape index (κ2) is 8.43. The zero-order chi connectivity index (χ0) is 23.6. The fraction of sp³-hybridized carbons (Fsp3) is 0.111. The molecule has 13 nitrogen and oxygen atoms in total. The third-order valence-corrected chi connectivity index (χ3v) is 5.32. The summed E-state index contributed by atoms with van der Waals surface area (Å²) in [5.41, 5.74) is -3.25. The van der Waals surface area contributed by atoms with Gasteiger partial charge in [-0.25, -0.2) is 9.59 Å². The van der Waals surface area contributed by atoms with Crippen LogP contribution in [-0.2, 0) is 14.9 Å². The van der Waals surface area contributed by atoms with Crippen molar-refractivity contribution in [2.45, 2.75) is 11.8 Å². The fourth-order valence-corrected chi connectivity index (χ4v) is 3.71. The molecule has 0 aliphatic carbocycles. The first kappa shape index (κ1) is 22.4. The number of carbonyl (C=O) groups excluding carboxylic acids is 1. The molecule has 0 aliphatic rings. The number of non-ortho nitro benzene ring substituents is 1. The molecule has 32 heavy (non-hydrogen) atoms. The average molecular weight is 464 g/mol. The van der Waals surface area contributed by atoms with Gasteiger partial charge in [-0.3, -0.25) is 20.2 Å². The largest absolute Gasteiger partial charge is 0.462 e. The third kappa shape index (κ3) is 4.39. The van der Waals surface area contributed by atoms with Crippen molar-refractivity contribution in [2.75, 3.05) is 6.61 Å². The molecule has 1 heterocycles. The van der Waals surface area contributed by atoms with Crippen LogP contribution >= 0.6 is 0 Å². The number of nitrogens with zero attached hydrogens (tertiary/aromatic N) is 2. The van der Waals surface area contributed by atoms with E-state index in [4.69, 9.17) is 13.3 Å². The standard InChI is InChI=1S/C18H12N2O11S/c1-2-29-17(21)13-7-10-3-5-12(9-15(10)30-18(13)22)31-32(27,28)16-6-4-11(19(23)24)8-14(16)20(25)26/h3-9H,2H2,1H3. The predicted octanol–water partition coefficient (Wildman–Crippen LogP) is 2.55.